The lowest BCUT2D eigenvalue weighted by Gasteiger charge is -2.16. The first-order valence-electron chi connectivity index (χ1n) is 7.57. The lowest BCUT2D eigenvalue weighted by atomic mass is 10.3. The number of hydrogen-bond donors (Lipinski definition) is 1. The number of furan rings is 1. The summed E-state index contributed by atoms with van der Waals surface area (Å²) in [5, 5.41) is 3.86. The predicted molar refractivity (Wildman–Crippen MR) is 89.9 cm³/mol. The van der Waals surface area contributed by atoms with E-state index in [1.54, 1.807) is 12.1 Å². The Bertz CT molecular complexity index is 634. The van der Waals surface area contributed by atoms with Gasteiger partial charge in [0.05, 0.1) is 6.21 Å². The van der Waals surface area contributed by atoms with Gasteiger partial charge in [-0.3, -0.25) is 4.79 Å². The number of hydrazone groups is 1. The van der Waals surface area contributed by atoms with Gasteiger partial charge in [-0.2, -0.15) is 5.10 Å². The molecule has 1 N–H and O–H groups in total. The van der Waals surface area contributed by atoms with Crippen molar-refractivity contribution in [2.75, 3.05) is 24.6 Å². The second-order valence-electron chi connectivity index (χ2n) is 4.74. The molecular formula is C17H21N3O3. The highest BCUT2D eigenvalue weighted by molar-refractivity contribution is 5.81. The minimum absolute atomic E-state index is 0.0931. The van der Waals surface area contributed by atoms with Crippen molar-refractivity contribution in [1.29, 1.82) is 0 Å². The van der Waals surface area contributed by atoms with Crippen LogP contribution in [-0.4, -0.2) is 31.8 Å². The van der Waals surface area contributed by atoms with Crippen LogP contribution in [0.3, 0.4) is 0 Å². The first kappa shape index (κ1) is 16.6. The quantitative estimate of drug-likeness (QED) is 0.601. The van der Waals surface area contributed by atoms with Crippen molar-refractivity contribution in [3.05, 3.63) is 48.2 Å². The Hall–Kier alpha value is -2.76. The van der Waals surface area contributed by atoms with Gasteiger partial charge in [-0.25, -0.2) is 5.43 Å². The molecule has 23 heavy (non-hydrogen) atoms. The molecule has 122 valence electrons. The molecule has 0 aliphatic carbocycles. The number of hydrogen-bond acceptors (Lipinski definition) is 5. The van der Waals surface area contributed by atoms with E-state index in [0.717, 1.165) is 19.0 Å². The molecule has 1 amide bonds. The molecule has 1 aromatic heterocycles. The van der Waals surface area contributed by atoms with Crippen LogP contribution in [0.4, 0.5) is 5.88 Å². The predicted octanol–water partition coefficient (Wildman–Crippen LogP) is 2.65. The number of benzene rings is 1. The van der Waals surface area contributed by atoms with Gasteiger partial charge in [0, 0.05) is 19.2 Å². The van der Waals surface area contributed by atoms with Crippen molar-refractivity contribution in [3.63, 3.8) is 0 Å². The van der Waals surface area contributed by atoms with E-state index in [4.69, 9.17) is 9.15 Å². The average molecular weight is 315 g/mol. The first-order valence-corrected chi connectivity index (χ1v) is 7.57. The van der Waals surface area contributed by atoms with Crippen molar-refractivity contribution >= 4 is 18.0 Å². The number of carbonyl (C=O) groups is 1. The highest BCUT2D eigenvalue weighted by Gasteiger charge is 2.06. The molecule has 0 unspecified atom stereocenters. The van der Waals surface area contributed by atoms with Crippen LogP contribution in [0.1, 0.15) is 19.6 Å². The van der Waals surface area contributed by atoms with Crippen LogP contribution in [0.5, 0.6) is 5.75 Å². The summed E-state index contributed by atoms with van der Waals surface area (Å²) in [6, 6.07) is 12.8. The number of amides is 1. The molecule has 2 rings (SSSR count). The smallest absolute Gasteiger partial charge is 0.277 e. The van der Waals surface area contributed by atoms with Crippen LogP contribution in [0.25, 0.3) is 0 Å². The van der Waals surface area contributed by atoms with Gasteiger partial charge in [-0.05, 0) is 32.0 Å². The summed E-state index contributed by atoms with van der Waals surface area (Å²) in [6.07, 6.45) is 1.47. The minimum atomic E-state index is -0.333. The third-order valence-electron chi connectivity index (χ3n) is 3.18. The van der Waals surface area contributed by atoms with E-state index in [0.29, 0.717) is 11.5 Å². The Labute approximate surface area is 135 Å². The van der Waals surface area contributed by atoms with Crippen molar-refractivity contribution in [2.45, 2.75) is 13.8 Å². The van der Waals surface area contributed by atoms with E-state index >= 15 is 0 Å². The molecule has 0 spiro atoms. The Balaban J connectivity index is 1.78. The zero-order chi connectivity index (χ0) is 16.5. The Kier molecular flexibility index (Phi) is 6.23. The van der Waals surface area contributed by atoms with Gasteiger partial charge >= 0.3 is 0 Å². The lowest BCUT2D eigenvalue weighted by molar-refractivity contribution is -0.123. The zero-order valence-electron chi connectivity index (χ0n) is 13.4. The highest BCUT2D eigenvalue weighted by atomic mass is 16.5. The molecule has 0 saturated carbocycles. The zero-order valence-corrected chi connectivity index (χ0v) is 13.4. The Morgan fingerprint density at radius 3 is 2.65 bits per heavy atom. The lowest BCUT2D eigenvalue weighted by Crippen LogP contribution is -2.24. The van der Waals surface area contributed by atoms with Crippen molar-refractivity contribution in [1.82, 2.24) is 5.43 Å². The Morgan fingerprint density at radius 1 is 1.22 bits per heavy atom. The molecule has 2 aromatic rings. The molecule has 6 nitrogen and oxygen atoms in total. The second kappa shape index (κ2) is 8.63. The summed E-state index contributed by atoms with van der Waals surface area (Å²) in [7, 11) is 0. The fourth-order valence-electron chi connectivity index (χ4n) is 1.98. The van der Waals surface area contributed by atoms with E-state index in [1.165, 1.54) is 6.21 Å². The number of para-hydroxylation sites is 1. The highest BCUT2D eigenvalue weighted by Crippen LogP contribution is 2.16. The van der Waals surface area contributed by atoms with Crippen LogP contribution < -0.4 is 15.1 Å². The van der Waals surface area contributed by atoms with E-state index in [2.05, 4.69) is 29.3 Å². The summed E-state index contributed by atoms with van der Waals surface area (Å²) in [4.78, 5) is 13.7. The fraction of sp³-hybridized carbons (Fsp3) is 0.294. The molecule has 0 bridgehead atoms. The Morgan fingerprint density at radius 2 is 1.96 bits per heavy atom. The number of nitrogens with one attached hydrogen (secondary N) is 1. The second-order valence-corrected chi connectivity index (χ2v) is 4.74. The van der Waals surface area contributed by atoms with E-state index in [1.807, 2.05) is 30.3 Å². The van der Waals surface area contributed by atoms with Crippen LogP contribution in [-0.2, 0) is 4.79 Å². The minimum Gasteiger partial charge on any atom is -0.484 e. The van der Waals surface area contributed by atoms with Gasteiger partial charge in [0.25, 0.3) is 5.91 Å². The molecule has 0 radical (unpaired) electrons. The first-order chi connectivity index (χ1) is 11.2. The number of ether oxygens (including phenoxy) is 1. The molecule has 0 aliphatic rings. The maximum absolute atomic E-state index is 11.6. The topological polar surface area (TPSA) is 67.1 Å². The molecule has 6 heteroatoms. The molecule has 1 heterocycles. The van der Waals surface area contributed by atoms with Crippen molar-refractivity contribution in [3.8, 4) is 5.75 Å². The number of carbonyl (C=O) groups excluding carboxylic acids is 1. The normalized spacial score (nSPS) is 10.7. The van der Waals surface area contributed by atoms with Crippen LogP contribution >= 0.6 is 0 Å². The van der Waals surface area contributed by atoms with Crippen LogP contribution in [0.2, 0.25) is 0 Å². The SMILES string of the molecule is CCN(CC)c1ccc(/C=N\NC(=O)COc2ccccc2)o1. The molecule has 0 aliphatic heterocycles. The van der Waals surface area contributed by atoms with Gasteiger partial charge in [0.15, 0.2) is 12.5 Å². The summed E-state index contributed by atoms with van der Waals surface area (Å²) in [6.45, 7) is 5.77. The van der Waals surface area contributed by atoms with Crippen molar-refractivity contribution in [2.24, 2.45) is 5.10 Å². The van der Waals surface area contributed by atoms with Gasteiger partial charge in [0.2, 0.25) is 0 Å². The van der Waals surface area contributed by atoms with Gasteiger partial charge < -0.3 is 14.1 Å². The summed E-state index contributed by atoms with van der Waals surface area (Å²) in [5.41, 5.74) is 2.40. The van der Waals surface area contributed by atoms with E-state index in [-0.39, 0.29) is 12.5 Å². The molecule has 1 aromatic carbocycles. The number of rotatable bonds is 8. The number of nitrogens with zero attached hydrogens (tertiary/aromatic N) is 2. The standard InChI is InChI=1S/C17H21N3O3/c1-3-20(4-2)17-11-10-15(23-17)12-18-19-16(21)13-22-14-8-6-5-7-9-14/h5-12H,3-4,13H2,1-2H3,(H,19,21)/b18-12-. The summed E-state index contributed by atoms with van der Waals surface area (Å²) in [5.74, 6) is 1.67. The molecule has 0 fully saturated rings. The summed E-state index contributed by atoms with van der Waals surface area (Å²) < 4.78 is 11.0. The fourth-order valence-corrected chi connectivity index (χ4v) is 1.98. The summed E-state index contributed by atoms with van der Waals surface area (Å²) >= 11 is 0. The maximum atomic E-state index is 11.6. The molecule has 0 atom stereocenters. The van der Waals surface area contributed by atoms with Crippen molar-refractivity contribution < 1.29 is 13.9 Å². The monoisotopic (exact) mass is 315 g/mol. The molecular weight excluding hydrogens is 294 g/mol. The third-order valence-corrected chi connectivity index (χ3v) is 3.18. The number of anilines is 1. The third kappa shape index (κ3) is 5.18. The largest absolute Gasteiger partial charge is 0.484 e. The maximum Gasteiger partial charge on any atom is 0.277 e. The van der Waals surface area contributed by atoms with Gasteiger partial charge in [0.1, 0.15) is 11.5 Å². The van der Waals surface area contributed by atoms with E-state index < -0.39 is 0 Å². The average Bonchev–Trinajstić information content (AvgIpc) is 3.04. The van der Waals surface area contributed by atoms with E-state index in [9.17, 15) is 4.79 Å². The van der Waals surface area contributed by atoms with Gasteiger partial charge in [-0.1, -0.05) is 18.2 Å². The van der Waals surface area contributed by atoms with Crippen LogP contribution in [0.15, 0.2) is 52.0 Å². The van der Waals surface area contributed by atoms with Crippen LogP contribution in [0, 0.1) is 0 Å². The van der Waals surface area contributed by atoms with Gasteiger partial charge in [-0.15, -0.1) is 0 Å². The molecule has 0 saturated heterocycles.